The van der Waals surface area contributed by atoms with E-state index in [9.17, 15) is 14.4 Å². The smallest absolute Gasteiger partial charge is 0.265 e. The SMILES string of the molecule is CC(C)C(=O)Nc1ccc(NC(=O)c2ccccc2NC(=O)c2cccs2)cc1. The second kappa shape index (κ2) is 9.16. The first-order valence-electron chi connectivity index (χ1n) is 9.10. The summed E-state index contributed by atoms with van der Waals surface area (Å²) < 4.78 is 0. The molecule has 3 amide bonds. The van der Waals surface area contributed by atoms with E-state index in [2.05, 4.69) is 16.0 Å². The van der Waals surface area contributed by atoms with Crippen LogP contribution in [0.3, 0.4) is 0 Å². The number of anilines is 3. The molecule has 0 aliphatic rings. The molecule has 0 spiro atoms. The molecule has 29 heavy (non-hydrogen) atoms. The summed E-state index contributed by atoms with van der Waals surface area (Å²) in [4.78, 5) is 37.4. The molecule has 0 unspecified atom stereocenters. The number of nitrogens with one attached hydrogen (secondary N) is 3. The lowest BCUT2D eigenvalue weighted by molar-refractivity contribution is -0.118. The van der Waals surface area contributed by atoms with E-state index < -0.39 is 0 Å². The van der Waals surface area contributed by atoms with Crippen molar-refractivity contribution in [2.45, 2.75) is 13.8 Å². The number of carbonyl (C=O) groups is 3. The molecule has 0 aliphatic carbocycles. The summed E-state index contributed by atoms with van der Waals surface area (Å²) in [7, 11) is 0. The van der Waals surface area contributed by atoms with Crippen molar-refractivity contribution in [3.63, 3.8) is 0 Å². The van der Waals surface area contributed by atoms with Crippen LogP contribution in [0.2, 0.25) is 0 Å². The average Bonchev–Trinajstić information content (AvgIpc) is 3.25. The van der Waals surface area contributed by atoms with Gasteiger partial charge in [0.1, 0.15) is 0 Å². The van der Waals surface area contributed by atoms with Crippen molar-refractivity contribution in [1.82, 2.24) is 0 Å². The van der Waals surface area contributed by atoms with E-state index in [0.29, 0.717) is 27.5 Å². The molecule has 0 aliphatic heterocycles. The Balaban J connectivity index is 1.69. The Bertz CT molecular complexity index is 1010. The Labute approximate surface area is 173 Å². The first kappa shape index (κ1) is 20.3. The van der Waals surface area contributed by atoms with Crippen LogP contribution in [-0.2, 0) is 4.79 Å². The zero-order chi connectivity index (χ0) is 20.8. The zero-order valence-electron chi connectivity index (χ0n) is 16.1. The van der Waals surface area contributed by atoms with Gasteiger partial charge in [0, 0.05) is 17.3 Å². The summed E-state index contributed by atoms with van der Waals surface area (Å²) in [6, 6.07) is 17.2. The topological polar surface area (TPSA) is 87.3 Å². The van der Waals surface area contributed by atoms with Crippen LogP contribution >= 0.6 is 11.3 Å². The number of rotatable bonds is 6. The molecule has 3 rings (SSSR count). The minimum absolute atomic E-state index is 0.0720. The molecular weight excluding hydrogens is 386 g/mol. The van der Waals surface area contributed by atoms with Crippen molar-refractivity contribution in [3.8, 4) is 0 Å². The molecule has 0 saturated carbocycles. The van der Waals surface area contributed by atoms with Crippen LogP contribution in [-0.4, -0.2) is 17.7 Å². The summed E-state index contributed by atoms with van der Waals surface area (Å²) in [5.41, 5.74) is 2.03. The number of benzene rings is 2. The van der Waals surface area contributed by atoms with E-state index in [4.69, 9.17) is 0 Å². The number of para-hydroxylation sites is 1. The van der Waals surface area contributed by atoms with Gasteiger partial charge >= 0.3 is 0 Å². The van der Waals surface area contributed by atoms with Gasteiger partial charge in [0.25, 0.3) is 11.8 Å². The highest BCUT2D eigenvalue weighted by molar-refractivity contribution is 7.12. The lowest BCUT2D eigenvalue weighted by Crippen LogP contribution is -2.18. The van der Waals surface area contributed by atoms with E-state index in [0.717, 1.165) is 0 Å². The van der Waals surface area contributed by atoms with Gasteiger partial charge in [-0.05, 0) is 47.8 Å². The van der Waals surface area contributed by atoms with Gasteiger partial charge in [0.05, 0.1) is 16.1 Å². The van der Waals surface area contributed by atoms with Crippen LogP contribution in [0.5, 0.6) is 0 Å². The second-order valence-corrected chi connectivity index (χ2v) is 7.60. The van der Waals surface area contributed by atoms with Gasteiger partial charge < -0.3 is 16.0 Å². The maximum Gasteiger partial charge on any atom is 0.265 e. The fourth-order valence-corrected chi connectivity index (χ4v) is 3.12. The summed E-state index contributed by atoms with van der Waals surface area (Å²) >= 11 is 1.33. The Hall–Kier alpha value is -3.45. The molecule has 3 N–H and O–H groups in total. The quantitative estimate of drug-likeness (QED) is 0.546. The van der Waals surface area contributed by atoms with Gasteiger partial charge in [-0.15, -0.1) is 11.3 Å². The third-order valence-electron chi connectivity index (χ3n) is 4.10. The van der Waals surface area contributed by atoms with Crippen molar-refractivity contribution >= 4 is 46.1 Å². The van der Waals surface area contributed by atoms with Crippen LogP contribution < -0.4 is 16.0 Å². The Morgan fingerprint density at radius 2 is 1.41 bits per heavy atom. The van der Waals surface area contributed by atoms with Crippen molar-refractivity contribution in [2.24, 2.45) is 5.92 Å². The van der Waals surface area contributed by atoms with Crippen molar-refractivity contribution in [3.05, 3.63) is 76.5 Å². The molecular formula is C22H21N3O3S. The Kier molecular flexibility index (Phi) is 6.41. The molecule has 6 nitrogen and oxygen atoms in total. The largest absolute Gasteiger partial charge is 0.326 e. The summed E-state index contributed by atoms with van der Waals surface area (Å²) in [6.07, 6.45) is 0. The molecule has 0 radical (unpaired) electrons. The van der Waals surface area contributed by atoms with Crippen LogP contribution in [0.25, 0.3) is 0 Å². The molecule has 1 heterocycles. The molecule has 0 saturated heterocycles. The number of amides is 3. The normalized spacial score (nSPS) is 10.4. The molecule has 0 atom stereocenters. The zero-order valence-corrected chi connectivity index (χ0v) is 16.9. The third kappa shape index (κ3) is 5.30. The maximum atomic E-state index is 12.7. The van der Waals surface area contributed by atoms with Gasteiger partial charge in [-0.1, -0.05) is 32.0 Å². The van der Waals surface area contributed by atoms with Gasteiger partial charge in [-0.3, -0.25) is 14.4 Å². The first-order valence-corrected chi connectivity index (χ1v) is 9.98. The monoisotopic (exact) mass is 407 g/mol. The molecule has 1 aromatic heterocycles. The third-order valence-corrected chi connectivity index (χ3v) is 4.97. The summed E-state index contributed by atoms with van der Waals surface area (Å²) in [6.45, 7) is 3.64. The number of hydrogen-bond acceptors (Lipinski definition) is 4. The van der Waals surface area contributed by atoms with Crippen molar-refractivity contribution < 1.29 is 14.4 Å². The fraction of sp³-hybridized carbons (Fsp3) is 0.136. The van der Waals surface area contributed by atoms with Gasteiger partial charge in [0.2, 0.25) is 5.91 Å². The molecule has 148 valence electrons. The van der Waals surface area contributed by atoms with Crippen LogP contribution in [0, 0.1) is 5.92 Å². The molecule has 3 aromatic rings. The molecule has 0 bridgehead atoms. The minimum Gasteiger partial charge on any atom is -0.326 e. The predicted octanol–water partition coefficient (Wildman–Crippen LogP) is 4.85. The Morgan fingerprint density at radius 3 is 2.03 bits per heavy atom. The fourth-order valence-electron chi connectivity index (χ4n) is 2.50. The number of thiophene rings is 1. The second-order valence-electron chi connectivity index (χ2n) is 6.65. The van der Waals surface area contributed by atoms with Gasteiger partial charge in [-0.25, -0.2) is 0 Å². The van der Waals surface area contributed by atoms with E-state index in [1.165, 1.54) is 11.3 Å². The average molecular weight is 407 g/mol. The van der Waals surface area contributed by atoms with E-state index in [1.54, 1.807) is 60.7 Å². The van der Waals surface area contributed by atoms with Crippen molar-refractivity contribution in [1.29, 1.82) is 0 Å². The summed E-state index contributed by atoms with van der Waals surface area (Å²) in [5, 5.41) is 10.2. The van der Waals surface area contributed by atoms with Gasteiger partial charge in [-0.2, -0.15) is 0 Å². The van der Waals surface area contributed by atoms with Gasteiger partial charge in [0.15, 0.2) is 0 Å². The highest BCUT2D eigenvalue weighted by Gasteiger charge is 2.15. The van der Waals surface area contributed by atoms with E-state index in [-0.39, 0.29) is 23.6 Å². The maximum absolute atomic E-state index is 12.7. The van der Waals surface area contributed by atoms with Crippen molar-refractivity contribution in [2.75, 3.05) is 16.0 Å². The Morgan fingerprint density at radius 1 is 0.759 bits per heavy atom. The standard InChI is InChI=1S/C22H21N3O3S/c1-14(2)20(26)23-15-9-11-16(12-10-15)24-21(27)17-6-3-4-7-18(17)25-22(28)19-8-5-13-29-19/h3-14H,1-2H3,(H,23,26)(H,24,27)(H,25,28). The first-order chi connectivity index (χ1) is 13.9. The van der Waals surface area contributed by atoms with Crippen LogP contribution in [0.15, 0.2) is 66.0 Å². The number of carbonyl (C=O) groups excluding carboxylic acids is 3. The highest BCUT2D eigenvalue weighted by Crippen LogP contribution is 2.20. The molecule has 2 aromatic carbocycles. The predicted molar refractivity (Wildman–Crippen MR) is 117 cm³/mol. The summed E-state index contributed by atoms with van der Waals surface area (Å²) in [5.74, 6) is -0.788. The minimum atomic E-state index is -0.342. The van der Waals surface area contributed by atoms with Crippen LogP contribution in [0.1, 0.15) is 33.9 Å². The van der Waals surface area contributed by atoms with Crippen LogP contribution in [0.4, 0.5) is 17.1 Å². The molecule has 0 fully saturated rings. The van der Waals surface area contributed by atoms with E-state index >= 15 is 0 Å². The lowest BCUT2D eigenvalue weighted by Gasteiger charge is -2.12. The lowest BCUT2D eigenvalue weighted by atomic mass is 10.1. The van der Waals surface area contributed by atoms with E-state index in [1.807, 2.05) is 19.2 Å². The number of hydrogen-bond donors (Lipinski definition) is 3. The molecule has 7 heteroatoms. The highest BCUT2D eigenvalue weighted by atomic mass is 32.1.